The van der Waals surface area contributed by atoms with E-state index in [2.05, 4.69) is 44.2 Å². The molecule has 2 N–H and O–H groups in total. The maximum Gasteiger partial charge on any atom is 0.251 e. The first-order chi connectivity index (χ1) is 13.1. The number of anilines is 1. The van der Waals surface area contributed by atoms with Crippen LogP contribution in [-0.2, 0) is 0 Å². The van der Waals surface area contributed by atoms with Crippen LogP contribution in [0, 0.1) is 5.92 Å². The molecule has 0 saturated carbocycles. The molecule has 1 saturated heterocycles. The molecule has 4 rings (SSSR count). The van der Waals surface area contributed by atoms with Crippen LogP contribution in [0.4, 0.5) is 5.95 Å². The number of benzene rings is 1. The van der Waals surface area contributed by atoms with Crippen molar-refractivity contribution in [2.24, 2.45) is 5.92 Å². The van der Waals surface area contributed by atoms with Crippen molar-refractivity contribution >= 4 is 22.8 Å². The van der Waals surface area contributed by atoms with Crippen LogP contribution in [0.1, 0.15) is 10.4 Å². The smallest absolute Gasteiger partial charge is 0.251 e. The van der Waals surface area contributed by atoms with Crippen LogP contribution >= 0.6 is 0 Å². The zero-order chi connectivity index (χ0) is 18.8. The summed E-state index contributed by atoms with van der Waals surface area (Å²) in [4.78, 5) is 29.0. The molecule has 1 amide bonds. The summed E-state index contributed by atoms with van der Waals surface area (Å²) in [6.07, 6.45) is 5.39. The molecule has 0 spiro atoms. The van der Waals surface area contributed by atoms with Crippen molar-refractivity contribution in [1.29, 1.82) is 0 Å². The number of nitrogens with zero attached hydrogens (tertiary/aromatic N) is 4. The summed E-state index contributed by atoms with van der Waals surface area (Å²) >= 11 is 0. The molecule has 7 nitrogen and oxygen atoms in total. The Morgan fingerprint density at radius 3 is 2.85 bits per heavy atom. The van der Waals surface area contributed by atoms with Gasteiger partial charge in [0.05, 0.1) is 6.04 Å². The van der Waals surface area contributed by atoms with Crippen LogP contribution in [0.15, 0.2) is 48.9 Å². The van der Waals surface area contributed by atoms with Gasteiger partial charge in [-0.1, -0.05) is 0 Å². The molecule has 2 atom stereocenters. The normalized spacial score (nSPS) is 19.7. The SMILES string of the molecule is CN(C)C[C@@H]1CN(c2ncccn2)C[C@H]1NC(=O)c1ccc2[nH]ccc2c1. The molecular weight excluding hydrogens is 340 g/mol. The molecule has 0 bridgehead atoms. The summed E-state index contributed by atoms with van der Waals surface area (Å²) in [5.74, 6) is 0.984. The van der Waals surface area contributed by atoms with Crippen molar-refractivity contribution in [3.05, 3.63) is 54.5 Å². The Morgan fingerprint density at radius 1 is 1.26 bits per heavy atom. The molecule has 1 fully saturated rings. The summed E-state index contributed by atoms with van der Waals surface area (Å²) in [6.45, 7) is 2.43. The van der Waals surface area contributed by atoms with Gasteiger partial charge in [0, 0.05) is 60.6 Å². The van der Waals surface area contributed by atoms with E-state index in [0.717, 1.165) is 24.0 Å². The lowest BCUT2D eigenvalue weighted by molar-refractivity contribution is 0.0928. The third-order valence-electron chi connectivity index (χ3n) is 5.01. The second-order valence-electron chi connectivity index (χ2n) is 7.34. The van der Waals surface area contributed by atoms with Crippen molar-refractivity contribution < 1.29 is 4.79 Å². The van der Waals surface area contributed by atoms with Gasteiger partial charge in [-0.05, 0) is 44.4 Å². The first-order valence-electron chi connectivity index (χ1n) is 9.15. The first-order valence-corrected chi connectivity index (χ1v) is 9.15. The molecule has 2 aromatic heterocycles. The molecule has 0 radical (unpaired) electrons. The van der Waals surface area contributed by atoms with Gasteiger partial charge >= 0.3 is 0 Å². The predicted molar refractivity (Wildman–Crippen MR) is 106 cm³/mol. The molecule has 3 heterocycles. The van der Waals surface area contributed by atoms with Crippen LogP contribution < -0.4 is 10.2 Å². The number of rotatable bonds is 5. The third kappa shape index (κ3) is 3.78. The number of hydrogen-bond acceptors (Lipinski definition) is 5. The predicted octanol–water partition coefficient (Wildman–Crippen LogP) is 1.75. The second kappa shape index (κ2) is 7.36. The average Bonchev–Trinajstić information content (AvgIpc) is 3.28. The third-order valence-corrected chi connectivity index (χ3v) is 5.01. The Balaban J connectivity index is 1.51. The number of aromatic nitrogens is 3. The van der Waals surface area contributed by atoms with Crippen molar-refractivity contribution in [1.82, 2.24) is 25.2 Å². The molecule has 1 aliphatic rings. The van der Waals surface area contributed by atoms with Gasteiger partial charge < -0.3 is 20.1 Å². The van der Waals surface area contributed by atoms with Crippen LogP contribution in [0.25, 0.3) is 10.9 Å². The number of carbonyl (C=O) groups excluding carboxylic acids is 1. The summed E-state index contributed by atoms with van der Waals surface area (Å²) in [5, 5.41) is 4.27. The molecule has 0 unspecified atom stereocenters. The van der Waals surface area contributed by atoms with E-state index in [1.54, 1.807) is 12.4 Å². The van der Waals surface area contributed by atoms with Gasteiger partial charge in [-0.15, -0.1) is 0 Å². The van der Waals surface area contributed by atoms with E-state index in [9.17, 15) is 4.79 Å². The number of fused-ring (bicyclic) bond motifs is 1. The lowest BCUT2D eigenvalue weighted by atomic mass is 10.0. The Hall–Kier alpha value is -2.93. The van der Waals surface area contributed by atoms with E-state index in [1.165, 1.54) is 0 Å². The minimum atomic E-state index is -0.0392. The number of carbonyl (C=O) groups is 1. The molecule has 3 aromatic rings. The second-order valence-corrected chi connectivity index (χ2v) is 7.34. The maximum atomic E-state index is 12.9. The Labute approximate surface area is 158 Å². The lowest BCUT2D eigenvalue weighted by Crippen LogP contribution is -2.43. The molecule has 7 heteroatoms. The van der Waals surface area contributed by atoms with Crippen molar-refractivity contribution in [2.75, 3.05) is 38.6 Å². The molecule has 1 aromatic carbocycles. The number of nitrogens with one attached hydrogen (secondary N) is 2. The van der Waals surface area contributed by atoms with Gasteiger partial charge in [-0.2, -0.15) is 0 Å². The Bertz CT molecular complexity index is 922. The number of hydrogen-bond donors (Lipinski definition) is 2. The Kier molecular flexibility index (Phi) is 4.77. The van der Waals surface area contributed by atoms with E-state index < -0.39 is 0 Å². The fourth-order valence-corrected chi connectivity index (χ4v) is 3.75. The van der Waals surface area contributed by atoms with Gasteiger partial charge in [-0.3, -0.25) is 4.79 Å². The van der Waals surface area contributed by atoms with Gasteiger partial charge in [-0.25, -0.2) is 9.97 Å². The number of amides is 1. The van der Waals surface area contributed by atoms with Crippen LogP contribution in [0.2, 0.25) is 0 Å². The van der Waals surface area contributed by atoms with E-state index in [0.29, 0.717) is 24.0 Å². The highest BCUT2D eigenvalue weighted by atomic mass is 16.1. The topological polar surface area (TPSA) is 77.2 Å². The molecule has 1 aliphatic heterocycles. The largest absolute Gasteiger partial charge is 0.361 e. The van der Waals surface area contributed by atoms with Crippen LogP contribution in [0.5, 0.6) is 0 Å². The molecule has 140 valence electrons. The average molecular weight is 364 g/mol. The highest BCUT2D eigenvalue weighted by molar-refractivity contribution is 5.98. The first kappa shape index (κ1) is 17.5. The number of aromatic amines is 1. The minimum absolute atomic E-state index is 0.0392. The standard InChI is InChI=1S/C20H24N6O/c1-25(2)11-16-12-26(20-22-7-3-8-23-20)13-18(16)24-19(27)15-4-5-17-14(10-15)6-9-21-17/h3-10,16,18,21H,11-13H2,1-2H3,(H,24,27)/t16-,18-/m1/s1. The Morgan fingerprint density at radius 2 is 2.07 bits per heavy atom. The lowest BCUT2D eigenvalue weighted by Gasteiger charge is -2.22. The van der Waals surface area contributed by atoms with Gasteiger partial charge in [0.25, 0.3) is 5.91 Å². The fourth-order valence-electron chi connectivity index (χ4n) is 3.75. The number of H-pyrrole nitrogens is 1. The highest BCUT2D eigenvalue weighted by Crippen LogP contribution is 2.22. The van der Waals surface area contributed by atoms with Crippen molar-refractivity contribution in [2.45, 2.75) is 6.04 Å². The molecule has 0 aliphatic carbocycles. The summed E-state index contributed by atoms with van der Waals surface area (Å²) in [5.41, 5.74) is 1.71. The summed E-state index contributed by atoms with van der Waals surface area (Å²) < 4.78 is 0. The molecular formula is C20H24N6O. The maximum absolute atomic E-state index is 12.9. The van der Waals surface area contributed by atoms with E-state index in [-0.39, 0.29) is 11.9 Å². The zero-order valence-corrected chi connectivity index (χ0v) is 15.6. The monoisotopic (exact) mass is 364 g/mol. The van der Waals surface area contributed by atoms with Gasteiger partial charge in [0.1, 0.15) is 0 Å². The quantitative estimate of drug-likeness (QED) is 0.721. The zero-order valence-electron chi connectivity index (χ0n) is 15.6. The highest BCUT2D eigenvalue weighted by Gasteiger charge is 2.35. The van der Waals surface area contributed by atoms with E-state index in [4.69, 9.17) is 0 Å². The van der Waals surface area contributed by atoms with Crippen molar-refractivity contribution in [3.63, 3.8) is 0 Å². The van der Waals surface area contributed by atoms with Crippen LogP contribution in [0.3, 0.4) is 0 Å². The minimum Gasteiger partial charge on any atom is -0.361 e. The van der Waals surface area contributed by atoms with Gasteiger partial charge in [0.15, 0.2) is 0 Å². The summed E-state index contributed by atoms with van der Waals surface area (Å²) in [6, 6.07) is 9.57. The van der Waals surface area contributed by atoms with E-state index in [1.807, 2.05) is 36.5 Å². The van der Waals surface area contributed by atoms with E-state index >= 15 is 0 Å². The summed E-state index contributed by atoms with van der Waals surface area (Å²) in [7, 11) is 4.11. The van der Waals surface area contributed by atoms with Gasteiger partial charge in [0.2, 0.25) is 5.95 Å². The molecule has 27 heavy (non-hydrogen) atoms. The fraction of sp³-hybridized carbons (Fsp3) is 0.350. The van der Waals surface area contributed by atoms with Crippen LogP contribution in [-0.4, -0.2) is 65.5 Å². The van der Waals surface area contributed by atoms with Crippen molar-refractivity contribution in [3.8, 4) is 0 Å².